The lowest BCUT2D eigenvalue weighted by Gasteiger charge is -2.34. The average molecular weight is 313 g/mol. The largest absolute Gasteiger partial charge is 0.0625 e. The van der Waals surface area contributed by atoms with Crippen LogP contribution in [0, 0.1) is 38.5 Å². The molecule has 1 aromatic rings. The SMILES string of the molecule is Cc1ccc(C2CCC(CC3CCC(C)CC3)CC2)c(C)c1C. The number of benzene rings is 1. The van der Waals surface area contributed by atoms with E-state index in [1.165, 1.54) is 68.9 Å². The molecule has 0 saturated heterocycles. The van der Waals surface area contributed by atoms with Gasteiger partial charge in [-0.2, -0.15) is 0 Å². The molecule has 2 saturated carbocycles. The molecule has 0 atom stereocenters. The molecule has 0 heterocycles. The predicted octanol–water partition coefficient (Wildman–Crippen LogP) is 7.10. The number of aryl methyl sites for hydroxylation is 1. The fourth-order valence-corrected chi connectivity index (χ4v) is 5.16. The topological polar surface area (TPSA) is 0 Å². The molecule has 0 N–H and O–H groups in total. The third kappa shape index (κ3) is 4.01. The van der Waals surface area contributed by atoms with E-state index in [-0.39, 0.29) is 0 Å². The lowest BCUT2D eigenvalue weighted by atomic mass is 9.72. The monoisotopic (exact) mass is 312 g/mol. The highest BCUT2D eigenvalue weighted by molar-refractivity contribution is 5.40. The minimum absolute atomic E-state index is 0.830. The summed E-state index contributed by atoms with van der Waals surface area (Å²) in [4.78, 5) is 0. The Labute approximate surface area is 144 Å². The molecule has 2 fully saturated rings. The van der Waals surface area contributed by atoms with Crippen molar-refractivity contribution in [1.82, 2.24) is 0 Å². The van der Waals surface area contributed by atoms with Crippen LogP contribution in [0.15, 0.2) is 12.1 Å². The van der Waals surface area contributed by atoms with Crippen LogP contribution in [0.25, 0.3) is 0 Å². The van der Waals surface area contributed by atoms with Crippen molar-refractivity contribution in [1.29, 1.82) is 0 Å². The Morgan fingerprint density at radius 2 is 1.30 bits per heavy atom. The lowest BCUT2D eigenvalue weighted by Crippen LogP contribution is -2.20. The zero-order valence-corrected chi connectivity index (χ0v) is 15.8. The summed E-state index contributed by atoms with van der Waals surface area (Å²) in [6, 6.07) is 4.76. The Morgan fingerprint density at radius 1 is 0.739 bits per heavy atom. The molecule has 23 heavy (non-hydrogen) atoms. The molecule has 0 aromatic heterocycles. The first-order chi connectivity index (χ1) is 11.0. The normalized spacial score (nSPS) is 32.0. The van der Waals surface area contributed by atoms with Gasteiger partial charge in [-0.25, -0.2) is 0 Å². The van der Waals surface area contributed by atoms with Gasteiger partial charge >= 0.3 is 0 Å². The maximum absolute atomic E-state index is 2.44. The van der Waals surface area contributed by atoms with E-state index in [4.69, 9.17) is 0 Å². The van der Waals surface area contributed by atoms with Gasteiger partial charge in [0.05, 0.1) is 0 Å². The van der Waals surface area contributed by atoms with E-state index >= 15 is 0 Å². The van der Waals surface area contributed by atoms with Gasteiger partial charge in [0.25, 0.3) is 0 Å². The average Bonchev–Trinajstić information content (AvgIpc) is 2.56. The summed E-state index contributed by atoms with van der Waals surface area (Å²) in [5, 5.41) is 0. The lowest BCUT2D eigenvalue weighted by molar-refractivity contribution is 0.211. The van der Waals surface area contributed by atoms with Gasteiger partial charge < -0.3 is 0 Å². The summed E-state index contributed by atoms with van der Waals surface area (Å²) in [7, 11) is 0. The summed E-state index contributed by atoms with van der Waals surface area (Å²) in [5.41, 5.74) is 6.18. The highest BCUT2D eigenvalue weighted by atomic mass is 14.3. The number of hydrogen-bond acceptors (Lipinski definition) is 0. The van der Waals surface area contributed by atoms with Crippen LogP contribution < -0.4 is 0 Å². The first-order valence-corrected chi connectivity index (χ1v) is 10.1. The van der Waals surface area contributed by atoms with Gasteiger partial charge in [-0.1, -0.05) is 44.7 Å². The molecule has 3 rings (SSSR count). The second kappa shape index (κ2) is 7.41. The summed E-state index contributed by atoms with van der Waals surface area (Å²) < 4.78 is 0. The molecule has 0 unspecified atom stereocenters. The van der Waals surface area contributed by atoms with Crippen molar-refractivity contribution >= 4 is 0 Å². The van der Waals surface area contributed by atoms with Gasteiger partial charge in [0.2, 0.25) is 0 Å². The molecule has 0 amide bonds. The first kappa shape index (κ1) is 17.1. The van der Waals surface area contributed by atoms with Gasteiger partial charge in [0.1, 0.15) is 0 Å². The second-order valence-corrected chi connectivity index (χ2v) is 8.80. The van der Waals surface area contributed by atoms with Crippen molar-refractivity contribution in [3.05, 3.63) is 34.4 Å². The third-order valence-electron chi connectivity index (χ3n) is 7.19. The molecular weight excluding hydrogens is 276 g/mol. The van der Waals surface area contributed by atoms with E-state index in [9.17, 15) is 0 Å². The van der Waals surface area contributed by atoms with Crippen molar-refractivity contribution in [2.45, 2.75) is 91.4 Å². The molecule has 2 aliphatic rings. The Balaban J connectivity index is 1.53. The van der Waals surface area contributed by atoms with Crippen LogP contribution in [0.3, 0.4) is 0 Å². The number of hydrogen-bond donors (Lipinski definition) is 0. The van der Waals surface area contributed by atoms with Gasteiger partial charge in [-0.15, -0.1) is 0 Å². The van der Waals surface area contributed by atoms with Crippen LogP contribution in [0.4, 0.5) is 0 Å². The van der Waals surface area contributed by atoms with Crippen molar-refractivity contribution in [3.8, 4) is 0 Å². The molecule has 2 aliphatic carbocycles. The molecule has 0 nitrogen and oxygen atoms in total. The Hall–Kier alpha value is -0.780. The summed E-state index contributed by atoms with van der Waals surface area (Å²) in [6.07, 6.45) is 13.3. The fraction of sp³-hybridized carbons (Fsp3) is 0.739. The van der Waals surface area contributed by atoms with Crippen molar-refractivity contribution in [2.75, 3.05) is 0 Å². The fourth-order valence-electron chi connectivity index (χ4n) is 5.16. The molecule has 1 aromatic carbocycles. The molecule has 0 aliphatic heterocycles. The van der Waals surface area contributed by atoms with E-state index < -0.39 is 0 Å². The van der Waals surface area contributed by atoms with Crippen molar-refractivity contribution in [2.24, 2.45) is 17.8 Å². The Kier molecular flexibility index (Phi) is 5.49. The van der Waals surface area contributed by atoms with Crippen molar-refractivity contribution < 1.29 is 0 Å². The van der Waals surface area contributed by atoms with Crippen LogP contribution >= 0.6 is 0 Å². The first-order valence-electron chi connectivity index (χ1n) is 10.1. The molecule has 0 spiro atoms. The minimum atomic E-state index is 0.830. The smallest absolute Gasteiger partial charge is 0.0159 e. The van der Waals surface area contributed by atoms with Crippen LogP contribution in [0.2, 0.25) is 0 Å². The standard InChI is InChI=1S/C23H36/c1-16-5-8-20(9-6-16)15-21-10-12-22(13-11-21)23-14-7-17(2)18(3)19(23)4/h7,14,16,20-22H,5-6,8-13,15H2,1-4H3. The Morgan fingerprint density at radius 3 is 1.91 bits per heavy atom. The molecule has 0 bridgehead atoms. The maximum atomic E-state index is 2.44. The molecule has 0 heteroatoms. The van der Waals surface area contributed by atoms with Crippen LogP contribution in [-0.2, 0) is 0 Å². The van der Waals surface area contributed by atoms with Gasteiger partial charge in [0.15, 0.2) is 0 Å². The van der Waals surface area contributed by atoms with E-state index in [2.05, 4.69) is 39.8 Å². The number of rotatable bonds is 3. The van der Waals surface area contributed by atoms with E-state index in [0.717, 1.165) is 23.7 Å². The summed E-state index contributed by atoms with van der Waals surface area (Å²) in [5.74, 6) is 3.90. The zero-order chi connectivity index (χ0) is 16.4. The maximum Gasteiger partial charge on any atom is -0.0159 e. The van der Waals surface area contributed by atoms with E-state index in [1.807, 2.05) is 0 Å². The van der Waals surface area contributed by atoms with Gasteiger partial charge in [-0.3, -0.25) is 0 Å². The summed E-state index contributed by atoms with van der Waals surface area (Å²) >= 11 is 0. The van der Waals surface area contributed by atoms with Crippen molar-refractivity contribution in [3.63, 3.8) is 0 Å². The van der Waals surface area contributed by atoms with Crippen LogP contribution in [-0.4, -0.2) is 0 Å². The Bertz CT molecular complexity index is 511. The molecular formula is C23H36. The highest BCUT2D eigenvalue weighted by Crippen LogP contribution is 2.42. The van der Waals surface area contributed by atoms with E-state index in [1.54, 1.807) is 11.1 Å². The van der Waals surface area contributed by atoms with Gasteiger partial charge in [-0.05, 0) is 98.8 Å². The van der Waals surface area contributed by atoms with Crippen LogP contribution in [0.1, 0.15) is 92.9 Å². The zero-order valence-electron chi connectivity index (χ0n) is 15.8. The van der Waals surface area contributed by atoms with Gasteiger partial charge in [0, 0.05) is 0 Å². The second-order valence-electron chi connectivity index (χ2n) is 8.80. The molecule has 128 valence electrons. The summed E-state index contributed by atoms with van der Waals surface area (Å²) in [6.45, 7) is 9.32. The minimum Gasteiger partial charge on any atom is -0.0625 e. The quantitative estimate of drug-likeness (QED) is 0.558. The third-order valence-corrected chi connectivity index (χ3v) is 7.19. The van der Waals surface area contributed by atoms with Crippen LogP contribution in [0.5, 0.6) is 0 Å². The molecule has 0 radical (unpaired) electrons. The predicted molar refractivity (Wildman–Crippen MR) is 101 cm³/mol. The van der Waals surface area contributed by atoms with E-state index in [0.29, 0.717) is 0 Å². The highest BCUT2D eigenvalue weighted by Gasteiger charge is 2.27.